The second-order valence-electron chi connectivity index (χ2n) is 20.5. The normalized spacial score (nSPS) is 38.0. The number of ether oxygens (including phenoxy) is 6. The van der Waals surface area contributed by atoms with Crippen LogP contribution in [0.1, 0.15) is 128 Å². The quantitative estimate of drug-likeness (QED) is 0.151. The van der Waals surface area contributed by atoms with Gasteiger partial charge in [0.15, 0.2) is 12.6 Å². The lowest BCUT2D eigenvalue weighted by atomic mass is 9.47. The maximum Gasteiger partial charge on any atom is 0.187 e. The summed E-state index contributed by atoms with van der Waals surface area (Å²) in [6.45, 7) is 13.9. The molecule has 0 N–H and O–H groups in total. The monoisotopic (exact) mass is 817 g/mol. The zero-order valence-electron chi connectivity index (χ0n) is 37.1. The Morgan fingerprint density at radius 3 is 2.10 bits per heavy atom. The first kappa shape index (κ1) is 42.5. The number of rotatable bonds is 14. The van der Waals surface area contributed by atoms with Crippen molar-refractivity contribution < 1.29 is 28.4 Å². The third kappa shape index (κ3) is 8.73. The maximum atomic E-state index is 7.20. The second kappa shape index (κ2) is 18.5. The molecule has 0 aromatic heterocycles. The summed E-state index contributed by atoms with van der Waals surface area (Å²) in [5.74, 6) is 4.97. The first-order valence-corrected chi connectivity index (χ1v) is 23.8. The average molecular weight is 817 g/mol. The largest absolute Gasteiger partial charge is 0.368 e. The van der Waals surface area contributed by atoms with Gasteiger partial charge in [-0.15, -0.1) is 0 Å². The van der Waals surface area contributed by atoms with Crippen LogP contribution in [0.15, 0.2) is 103 Å². The third-order valence-electron chi connectivity index (χ3n) is 16.5. The maximum absolute atomic E-state index is 7.20. The summed E-state index contributed by atoms with van der Waals surface area (Å²) in [5, 5.41) is 0. The highest BCUT2D eigenvalue weighted by Crippen LogP contribution is 2.67. The van der Waals surface area contributed by atoms with Crippen LogP contribution in [0.25, 0.3) is 0 Å². The van der Waals surface area contributed by atoms with Gasteiger partial charge < -0.3 is 28.4 Å². The minimum absolute atomic E-state index is 0.0407. The van der Waals surface area contributed by atoms with Crippen molar-refractivity contribution in [3.63, 3.8) is 0 Å². The van der Waals surface area contributed by atoms with Crippen molar-refractivity contribution in [3.8, 4) is 0 Å². The molecule has 2 saturated heterocycles. The number of allylic oxidation sites excluding steroid dienone is 1. The molecule has 6 aliphatic rings. The molecule has 14 atom stereocenters. The average Bonchev–Trinajstić information content (AvgIpc) is 3.63. The fraction of sp³-hybridized carbons (Fsp3) is 0.630. The van der Waals surface area contributed by atoms with Crippen molar-refractivity contribution in [2.75, 3.05) is 6.61 Å². The number of hydrogen-bond donors (Lipinski definition) is 0. The Balaban J connectivity index is 0.929. The van der Waals surface area contributed by atoms with Gasteiger partial charge in [-0.3, -0.25) is 0 Å². The highest BCUT2D eigenvalue weighted by Gasteiger charge is 2.60. The predicted molar refractivity (Wildman–Crippen MR) is 237 cm³/mol. The smallest absolute Gasteiger partial charge is 0.187 e. The molecule has 60 heavy (non-hydrogen) atoms. The van der Waals surface area contributed by atoms with Crippen molar-refractivity contribution in [2.24, 2.45) is 46.3 Å². The summed E-state index contributed by atoms with van der Waals surface area (Å²) in [5.41, 5.74) is 5.55. The lowest BCUT2D eigenvalue weighted by Gasteiger charge is -2.58. The molecule has 6 nitrogen and oxygen atoms in total. The van der Waals surface area contributed by atoms with E-state index in [1.54, 1.807) is 5.57 Å². The highest BCUT2D eigenvalue weighted by atomic mass is 16.8. The van der Waals surface area contributed by atoms with Gasteiger partial charge in [0, 0.05) is 5.56 Å². The number of benzene rings is 3. The van der Waals surface area contributed by atoms with Crippen LogP contribution in [0.4, 0.5) is 0 Å². The molecular weight excluding hydrogens is 745 g/mol. The molecule has 6 heteroatoms. The lowest BCUT2D eigenvalue weighted by molar-refractivity contribution is -0.377. The summed E-state index contributed by atoms with van der Waals surface area (Å²) in [4.78, 5) is 0. The molecule has 3 saturated carbocycles. The van der Waals surface area contributed by atoms with E-state index in [1.807, 2.05) is 30.3 Å². The van der Waals surface area contributed by atoms with Gasteiger partial charge in [-0.1, -0.05) is 157 Å². The van der Waals surface area contributed by atoms with E-state index in [-0.39, 0.29) is 17.6 Å². The number of hydrogen-bond acceptors (Lipinski definition) is 6. The van der Waals surface area contributed by atoms with E-state index in [9.17, 15) is 0 Å². The minimum atomic E-state index is -0.629. The standard InChI is InChI=1S/C54H72O6/c1-36(2)16-15-17-37(3)44-26-27-45-43-25-24-41-32-42(28-30-53(41,4)46(43)29-31-54(44,45)5)58-52-50(56-34-39-20-11-7-12-21-39)49(55-33-38-18-9-6-10-19-38)48-47(59-52)35-57-51(60-48)40-22-13-8-14-23-40/h6-14,18-24,36-37,42-52H,15-17,25-35H2,1-5H3/t37-,42+,43+,44-,45+,46+,47-,48-,49+,50+,51?,52-,53+,54-/m1/s1. The fourth-order valence-electron chi connectivity index (χ4n) is 13.3. The molecule has 4 aliphatic carbocycles. The van der Waals surface area contributed by atoms with Crippen LogP contribution < -0.4 is 0 Å². The van der Waals surface area contributed by atoms with E-state index in [2.05, 4.69) is 101 Å². The van der Waals surface area contributed by atoms with Crippen molar-refractivity contribution in [1.29, 1.82) is 0 Å². The summed E-state index contributed by atoms with van der Waals surface area (Å²) < 4.78 is 41.1. The minimum Gasteiger partial charge on any atom is -0.368 e. The van der Waals surface area contributed by atoms with Crippen LogP contribution in [0.5, 0.6) is 0 Å². The molecule has 2 heterocycles. The SMILES string of the molecule is CC(C)CCC[C@@H](C)[C@H]1CC[C@H]2[C@@H]3CC=C4C[C@@H](O[C@@H]5O[C@@H]6COC(c7ccccc7)O[C@H]6[C@H](OCc6ccccc6)[C@@H]5OCc5ccccc5)CC[C@]4(C)[C@H]3CC[C@]12C. The summed E-state index contributed by atoms with van der Waals surface area (Å²) >= 11 is 0. The van der Waals surface area contributed by atoms with Gasteiger partial charge >= 0.3 is 0 Å². The highest BCUT2D eigenvalue weighted by molar-refractivity contribution is 5.26. The number of fused-ring (bicyclic) bond motifs is 6. The van der Waals surface area contributed by atoms with E-state index >= 15 is 0 Å². The third-order valence-corrected chi connectivity index (χ3v) is 16.5. The van der Waals surface area contributed by atoms with Crippen LogP contribution in [0.2, 0.25) is 0 Å². The van der Waals surface area contributed by atoms with Gasteiger partial charge in [0.2, 0.25) is 0 Å². The molecule has 3 aromatic rings. The van der Waals surface area contributed by atoms with E-state index in [0.29, 0.717) is 25.2 Å². The van der Waals surface area contributed by atoms with Gasteiger partial charge in [-0.25, -0.2) is 0 Å². The Morgan fingerprint density at radius 1 is 0.717 bits per heavy atom. The molecule has 1 unspecified atom stereocenters. The zero-order valence-corrected chi connectivity index (χ0v) is 37.1. The molecule has 0 amide bonds. The van der Waals surface area contributed by atoms with E-state index in [0.717, 1.165) is 71.5 Å². The van der Waals surface area contributed by atoms with Crippen LogP contribution in [-0.2, 0) is 41.6 Å². The van der Waals surface area contributed by atoms with Crippen LogP contribution in [0, 0.1) is 46.3 Å². The summed E-state index contributed by atoms with van der Waals surface area (Å²) in [6, 6.07) is 30.9. The van der Waals surface area contributed by atoms with Gasteiger partial charge in [-0.05, 0) is 109 Å². The molecule has 0 spiro atoms. The first-order valence-electron chi connectivity index (χ1n) is 23.8. The van der Waals surface area contributed by atoms with E-state index < -0.39 is 30.9 Å². The predicted octanol–water partition coefficient (Wildman–Crippen LogP) is 12.4. The Morgan fingerprint density at radius 2 is 1.40 bits per heavy atom. The Hall–Kier alpha value is -2.84. The topological polar surface area (TPSA) is 55.4 Å². The van der Waals surface area contributed by atoms with E-state index in [4.69, 9.17) is 28.4 Å². The van der Waals surface area contributed by atoms with Crippen LogP contribution in [-0.4, -0.2) is 43.4 Å². The molecule has 0 radical (unpaired) electrons. The second-order valence-corrected chi connectivity index (χ2v) is 20.5. The van der Waals surface area contributed by atoms with Gasteiger partial charge in [0.25, 0.3) is 0 Å². The van der Waals surface area contributed by atoms with E-state index in [1.165, 1.54) is 51.4 Å². The Labute approximate surface area is 361 Å². The lowest BCUT2D eigenvalue weighted by Crippen LogP contribution is -2.64. The molecular formula is C54H72O6. The fourth-order valence-corrected chi connectivity index (χ4v) is 13.3. The zero-order chi connectivity index (χ0) is 41.3. The molecule has 0 bridgehead atoms. The van der Waals surface area contributed by atoms with Crippen LogP contribution >= 0.6 is 0 Å². The van der Waals surface area contributed by atoms with Crippen molar-refractivity contribution >= 4 is 0 Å². The van der Waals surface area contributed by atoms with Gasteiger partial charge in [0.1, 0.15) is 24.4 Å². The Bertz CT molecular complexity index is 1850. The van der Waals surface area contributed by atoms with Crippen molar-refractivity contribution in [2.45, 2.75) is 162 Å². The molecule has 2 aliphatic heterocycles. The molecule has 324 valence electrons. The summed E-state index contributed by atoms with van der Waals surface area (Å²) in [6.07, 6.45) is 14.0. The molecule has 3 aromatic carbocycles. The molecule has 5 fully saturated rings. The first-order chi connectivity index (χ1) is 29.2. The van der Waals surface area contributed by atoms with Crippen molar-refractivity contribution in [1.82, 2.24) is 0 Å². The molecule has 9 rings (SSSR count). The van der Waals surface area contributed by atoms with Gasteiger partial charge in [0.05, 0.1) is 25.9 Å². The summed E-state index contributed by atoms with van der Waals surface area (Å²) in [7, 11) is 0. The Kier molecular flexibility index (Phi) is 13.1. The van der Waals surface area contributed by atoms with Crippen LogP contribution in [0.3, 0.4) is 0 Å². The van der Waals surface area contributed by atoms with Crippen molar-refractivity contribution in [3.05, 3.63) is 119 Å². The van der Waals surface area contributed by atoms with Gasteiger partial charge in [-0.2, -0.15) is 0 Å².